The summed E-state index contributed by atoms with van der Waals surface area (Å²) >= 11 is 0. The molecule has 0 amide bonds. The lowest BCUT2D eigenvalue weighted by Crippen LogP contribution is -2.11. The van der Waals surface area contributed by atoms with Crippen LogP contribution in [0.4, 0.5) is 0 Å². The van der Waals surface area contributed by atoms with Crippen molar-refractivity contribution >= 4 is 21.6 Å². The second-order valence-corrected chi connectivity index (χ2v) is 6.77. The van der Waals surface area contributed by atoms with Crippen LogP contribution in [0.25, 0.3) is 0 Å². The van der Waals surface area contributed by atoms with Crippen LogP contribution in [0, 0.1) is 5.41 Å². The molecule has 0 aliphatic heterocycles. The maximum Gasteiger partial charge on any atom is 0 e. The summed E-state index contributed by atoms with van der Waals surface area (Å²) in [6.07, 6.45) is 0. The molecular formula is C13H19BP. The van der Waals surface area contributed by atoms with E-state index in [1.807, 2.05) is 0 Å². The summed E-state index contributed by atoms with van der Waals surface area (Å²) in [5.74, 6) is 0. The number of hydrogen-bond donors (Lipinski definition) is 0. The molecule has 0 aromatic heterocycles. The van der Waals surface area contributed by atoms with Crippen molar-refractivity contribution in [1.82, 2.24) is 0 Å². The van der Waals surface area contributed by atoms with Crippen LogP contribution in [0.1, 0.15) is 20.8 Å². The zero-order valence-electron chi connectivity index (χ0n) is 10.1. The van der Waals surface area contributed by atoms with Gasteiger partial charge in [-0.25, -0.2) is 0 Å². The normalized spacial score (nSPS) is 12.8. The van der Waals surface area contributed by atoms with Crippen LogP contribution < -0.4 is 5.30 Å². The van der Waals surface area contributed by atoms with Crippen LogP contribution in [0.15, 0.2) is 42.2 Å². The molecule has 1 aromatic rings. The molecule has 0 spiro atoms. The highest BCUT2D eigenvalue weighted by molar-refractivity contribution is 7.69. The van der Waals surface area contributed by atoms with Crippen LogP contribution in [0.3, 0.4) is 0 Å². The van der Waals surface area contributed by atoms with E-state index in [9.17, 15) is 0 Å². The van der Waals surface area contributed by atoms with E-state index in [2.05, 4.69) is 64.3 Å². The minimum atomic E-state index is -0.219. The first kappa shape index (κ1) is 14.5. The molecule has 0 nitrogen and oxygen atoms in total. The van der Waals surface area contributed by atoms with Gasteiger partial charge in [-0.3, -0.25) is 0 Å². The molecule has 0 saturated heterocycles. The molecule has 0 aliphatic rings. The van der Waals surface area contributed by atoms with E-state index in [1.54, 1.807) is 0 Å². The highest BCUT2D eigenvalue weighted by Gasteiger charge is 2.20. The Kier molecular flexibility index (Phi) is 5.31. The van der Waals surface area contributed by atoms with Gasteiger partial charge < -0.3 is 0 Å². The quantitative estimate of drug-likeness (QED) is 0.524. The second-order valence-electron chi connectivity index (χ2n) is 4.59. The highest BCUT2D eigenvalue weighted by atomic mass is 31.1. The van der Waals surface area contributed by atoms with Gasteiger partial charge in [0.2, 0.25) is 0 Å². The Morgan fingerprint density at radius 1 is 1.13 bits per heavy atom. The zero-order chi connectivity index (χ0) is 10.8. The van der Waals surface area contributed by atoms with Crippen LogP contribution >= 0.6 is 7.92 Å². The minimum Gasteiger partial charge on any atom is -0.0945 e. The third-order valence-corrected chi connectivity index (χ3v) is 4.97. The summed E-state index contributed by atoms with van der Waals surface area (Å²) in [6, 6.07) is 10.7. The van der Waals surface area contributed by atoms with Gasteiger partial charge in [-0.1, -0.05) is 65.6 Å². The maximum absolute atomic E-state index is 4.23. The van der Waals surface area contributed by atoms with Crippen LogP contribution in [-0.4, -0.2) is 15.1 Å². The lowest BCUT2D eigenvalue weighted by molar-refractivity contribution is 0.533. The fraction of sp³-hybridized carbons (Fsp3) is 0.385. The van der Waals surface area contributed by atoms with Gasteiger partial charge in [0.05, 0.1) is 0 Å². The van der Waals surface area contributed by atoms with Gasteiger partial charge in [0.1, 0.15) is 0 Å². The first-order chi connectivity index (χ1) is 6.43. The topological polar surface area (TPSA) is 0 Å². The SMILES string of the molecule is C=C(P(C)c1ccccc1)C(C)(C)C.[B]. The fourth-order valence-corrected chi connectivity index (χ4v) is 3.25. The summed E-state index contributed by atoms with van der Waals surface area (Å²) in [5, 5.41) is 2.78. The lowest BCUT2D eigenvalue weighted by Gasteiger charge is -2.27. The van der Waals surface area contributed by atoms with E-state index in [1.165, 1.54) is 10.6 Å². The third-order valence-electron chi connectivity index (χ3n) is 2.41. The monoisotopic (exact) mass is 217 g/mol. The molecule has 0 saturated carbocycles. The minimum absolute atomic E-state index is 0. The van der Waals surface area contributed by atoms with Crippen molar-refractivity contribution in [1.29, 1.82) is 0 Å². The first-order valence-electron chi connectivity index (χ1n) is 4.91. The smallest absolute Gasteiger partial charge is 0 e. The van der Waals surface area contributed by atoms with Crippen molar-refractivity contribution in [3.63, 3.8) is 0 Å². The Morgan fingerprint density at radius 2 is 1.60 bits per heavy atom. The van der Waals surface area contributed by atoms with Gasteiger partial charge in [-0.05, 0) is 22.7 Å². The summed E-state index contributed by atoms with van der Waals surface area (Å²) in [4.78, 5) is 0. The van der Waals surface area contributed by atoms with Gasteiger partial charge in [-0.2, -0.15) is 0 Å². The second kappa shape index (κ2) is 5.51. The van der Waals surface area contributed by atoms with Gasteiger partial charge in [0.25, 0.3) is 0 Å². The zero-order valence-corrected chi connectivity index (χ0v) is 11.0. The number of benzene rings is 1. The molecule has 3 radical (unpaired) electrons. The number of allylic oxidation sites excluding steroid dienone is 1. The Hall–Kier alpha value is -0.545. The van der Waals surface area contributed by atoms with Crippen molar-refractivity contribution < 1.29 is 0 Å². The van der Waals surface area contributed by atoms with Gasteiger partial charge in [0.15, 0.2) is 0 Å². The van der Waals surface area contributed by atoms with Crippen molar-refractivity contribution in [3.05, 3.63) is 42.2 Å². The van der Waals surface area contributed by atoms with E-state index in [0.29, 0.717) is 0 Å². The van der Waals surface area contributed by atoms with E-state index in [-0.39, 0.29) is 21.7 Å². The molecule has 1 aromatic carbocycles. The lowest BCUT2D eigenvalue weighted by atomic mass is 9.97. The molecule has 2 heteroatoms. The van der Waals surface area contributed by atoms with Gasteiger partial charge >= 0.3 is 0 Å². The summed E-state index contributed by atoms with van der Waals surface area (Å²) < 4.78 is 0. The van der Waals surface area contributed by atoms with Crippen molar-refractivity contribution in [2.75, 3.05) is 6.66 Å². The molecule has 79 valence electrons. The van der Waals surface area contributed by atoms with E-state index >= 15 is 0 Å². The molecule has 0 bridgehead atoms. The van der Waals surface area contributed by atoms with Crippen LogP contribution in [0.2, 0.25) is 0 Å². The average Bonchev–Trinajstić information content (AvgIpc) is 2.15. The summed E-state index contributed by atoms with van der Waals surface area (Å²) in [6.45, 7) is 13.2. The molecule has 0 heterocycles. The highest BCUT2D eigenvalue weighted by Crippen LogP contribution is 2.47. The van der Waals surface area contributed by atoms with Gasteiger partial charge in [0, 0.05) is 8.41 Å². The van der Waals surface area contributed by atoms with Crippen molar-refractivity contribution in [3.8, 4) is 0 Å². The molecule has 0 aliphatic carbocycles. The van der Waals surface area contributed by atoms with E-state index in [4.69, 9.17) is 0 Å². The summed E-state index contributed by atoms with van der Waals surface area (Å²) in [7, 11) is -0.219. The largest absolute Gasteiger partial charge is 0.0945 e. The fourth-order valence-electron chi connectivity index (χ4n) is 1.31. The molecule has 0 fully saturated rings. The number of hydrogen-bond acceptors (Lipinski definition) is 0. The van der Waals surface area contributed by atoms with E-state index in [0.717, 1.165) is 0 Å². The molecule has 15 heavy (non-hydrogen) atoms. The van der Waals surface area contributed by atoms with Crippen molar-refractivity contribution in [2.24, 2.45) is 5.41 Å². The average molecular weight is 217 g/mol. The molecule has 1 unspecified atom stereocenters. The molecule has 0 N–H and O–H groups in total. The van der Waals surface area contributed by atoms with Crippen molar-refractivity contribution in [2.45, 2.75) is 20.8 Å². The number of rotatable bonds is 2. The predicted molar refractivity (Wildman–Crippen MR) is 73.3 cm³/mol. The molecular weight excluding hydrogens is 198 g/mol. The first-order valence-corrected chi connectivity index (χ1v) is 6.70. The Bertz CT molecular complexity index is 311. The Labute approximate surface area is 97.1 Å². The Morgan fingerprint density at radius 3 is 2.00 bits per heavy atom. The molecule has 1 atom stereocenters. The summed E-state index contributed by atoms with van der Waals surface area (Å²) in [5.41, 5.74) is 0.219. The molecule has 1 rings (SSSR count). The third kappa shape index (κ3) is 3.84. The standard InChI is InChI=1S/C13H19P.B/c1-11(13(2,3)4)14(5)12-9-7-6-8-10-12;/h6-10H,1H2,2-5H3;. The predicted octanol–water partition coefficient (Wildman–Crippen LogP) is 3.60. The maximum atomic E-state index is 4.23. The van der Waals surface area contributed by atoms with E-state index < -0.39 is 0 Å². The van der Waals surface area contributed by atoms with Crippen LogP contribution in [-0.2, 0) is 0 Å². The van der Waals surface area contributed by atoms with Gasteiger partial charge in [-0.15, -0.1) is 0 Å². The Balaban J connectivity index is 0.00000196. The van der Waals surface area contributed by atoms with Crippen LogP contribution in [0.5, 0.6) is 0 Å².